The van der Waals surface area contributed by atoms with Crippen LogP contribution >= 0.6 is 0 Å². The first-order valence-corrected chi connectivity index (χ1v) is 14.2. The Labute approximate surface area is 260 Å². The van der Waals surface area contributed by atoms with Gasteiger partial charge >= 0.3 is 5.97 Å². The predicted octanol–water partition coefficient (Wildman–Crippen LogP) is 1.40. The molecule has 0 spiro atoms. The minimum absolute atomic E-state index is 0.0284. The van der Waals surface area contributed by atoms with Gasteiger partial charge in [0.25, 0.3) is 28.6 Å². The van der Waals surface area contributed by atoms with Gasteiger partial charge in [0.15, 0.2) is 13.2 Å². The molecule has 0 saturated heterocycles. The molecule has 0 atom stereocenters. The Morgan fingerprint density at radius 1 is 0.826 bits per heavy atom. The maximum atomic E-state index is 12.6. The van der Waals surface area contributed by atoms with Crippen molar-refractivity contribution < 1.29 is 33.8 Å². The van der Waals surface area contributed by atoms with Crippen LogP contribution in [0.25, 0.3) is 0 Å². The Kier molecular flexibility index (Phi) is 7.84. The minimum atomic E-state index is -1.03. The fourth-order valence-electron chi connectivity index (χ4n) is 5.35. The van der Waals surface area contributed by atoms with E-state index in [0.29, 0.717) is 53.8 Å². The van der Waals surface area contributed by atoms with Gasteiger partial charge in [-0.15, -0.1) is 0 Å². The summed E-state index contributed by atoms with van der Waals surface area (Å²) in [7, 11) is 0. The van der Waals surface area contributed by atoms with Crippen LogP contribution in [-0.4, -0.2) is 48.6 Å². The van der Waals surface area contributed by atoms with Gasteiger partial charge in [0.05, 0.1) is 16.9 Å². The van der Waals surface area contributed by atoms with Crippen molar-refractivity contribution in [2.45, 2.75) is 19.5 Å². The number of nitrogen functional groups attached to an aromatic ring is 1. The molecule has 6 N–H and O–H groups in total. The predicted molar refractivity (Wildman–Crippen MR) is 166 cm³/mol. The number of amides is 3. The Hall–Kier alpha value is -6.18. The third kappa shape index (κ3) is 5.95. The van der Waals surface area contributed by atoms with Crippen LogP contribution in [0.3, 0.4) is 0 Å². The summed E-state index contributed by atoms with van der Waals surface area (Å²) < 4.78 is 10.4. The number of nitrogens with one attached hydrogen (secondary N) is 3. The molecule has 0 saturated carbocycles. The van der Waals surface area contributed by atoms with Crippen molar-refractivity contribution in [3.05, 3.63) is 103 Å². The number of ether oxygens (including phenoxy) is 2. The van der Waals surface area contributed by atoms with E-state index < -0.39 is 16.8 Å². The molecule has 0 fully saturated rings. The molecule has 0 bridgehead atoms. The van der Waals surface area contributed by atoms with E-state index in [9.17, 15) is 28.8 Å². The molecule has 0 unspecified atom stereocenters. The fraction of sp³-hybridized carbons (Fsp3) is 0.188. The smallest absolute Gasteiger partial charge is 0.335 e. The second-order valence-electron chi connectivity index (χ2n) is 10.8. The number of benzene rings is 3. The molecule has 46 heavy (non-hydrogen) atoms. The van der Waals surface area contributed by atoms with Crippen LogP contribution < -0.4 is 46.9 Å². The third-order valence-corrected chi connectivity index (χ3v) is 7.71. The fourth-order valence-corrected chi connectivity index (χ4v) is 5.35. The highest BCUT2D eigenvalue weighted by Crippen LogP contribution is 2.30. The summed E-state index contributed by atoms with van der Waals surface area (Å²) in [6, 6.07) is 15.2. The summed E-state index contributed by atoms with van der Waals surface area (Å²) in [5, 5.41) is 16.8. The molecule has 0 radical (unpaired) electrons. The van der Waals surface area contributed by atoms with Gasteiger partial charge in [0, 0.05) is 25.2 Å². The molecule has 3 amide bonds. The first-order chi connectivity index (χ1) is 22.1. The molecule has 234 valence electrons. The van der Waals surface area contributed by atoms with Crippen LogP contribution in [0, 0.1) is 0 Å². The Morgan fingerprint density at radius 3 is 2.09 bits per heavy atom. The van der Waals surface area contributed by atoms with Crippen LogP contribution in [0.5, 0.6) is 11.5 Å². The molecular formula is C32H27N5O9. The number of nitrogens with two attached hydrogens (primary N) is 1. The van der Waals surface area contributed by atoms with E-state index >= 15 is 0 Å². The van der Waals surface area contributed by atoms with Crippen molar-refractivity contribution in [3.8, 4) is 11.5 Å². The number of carboxylic acid groups (broad SMARTS) is 1. The number of rotatable bonds is 5. The zero-order valence-electron chi connectivity index (χ0n) is 24.2. The minimum Gasteiger partial charge on any atom is -0.482 e. The summed E-state index contributed by atoms with van der Waals surface area (Å²) in [4.78, 5) is 70.8. The van der Waals surface area contributed by atoms with E-state index in [0.717, 1.165) is 17.5 Å². The van der Waals surface area contributed by atoms with Gasteiger partial charge in [-0.05, 0) is 59.5 Å². The third-order valence-electron chi connectivity index (χ3n) is 7.71. The summed E-state index contributed by atoms with van der Waals surface area (Å²) in [6.07, 6.45) is 0.739. The van der Waals surface area contributed by atoms with Crippen LogP contribution in [0.15, 0.2) is 64.2 Å². The average molecular weight is 626 g/mol. The van der Waals surface area contributed by atoms with E-state index in [1.807, 2.05) is 23.1 Å². The maximum Gasteiger partial charge on any atom is 0.335 e. The molecular weight excluding hydrogens is 598 g/mol. The van der Waals surface area contributed by atoms with Crippen molar-refractivity contribution in [3.63, 3.8) is 0 Å². The molecule has 4 aromatic carbocycles. The molecule has 0 aliphatic carbocycles. The highest BCUT2D eigenvalue weighted by Gasteiger charge is 2.27. The number of anilines is 4. The Balaban J connectivity index is 0.000000221. The van der Waals surface area contributed by atoms with Gasteiger partial charge in [0.1, 0.15) is 22.9 Å². The monoisotopic (exact) mass is 625 g/mol. The first kappa shape index (κ1) is 29.9. The molecule has 14 nitrogen and oxygen atoms in total. The summed E-state index contributed by atoms with van der Waals surface area (Å²) in [6.45, 7) is 1.35. The largest absolute Gasteiger partial charge is 0.482 e. The summed E-state index contributed by atoms with van der Waals surface area (Å²) >= 11 is 0. The molecule has 14 heteroatoms. The quantitative estimate of drug-likeness (QED) is 0.200. The maximum absolute atomic E-state index is 12.6. The zero-order valence-corrected chi connectivity index (χ0v) is 24.2. The van der Waals surface area contributed by atoms with Crippen LogP contribution in [0.1, 0.15) is 37.4 Å². The highest BCUT2D eigenvalue weighted by atomic mass is 16.5. The molecule has 3 heterocycles. The van der Waals surface area contributed by atoms with Gasteiger partial charge in [-0.25, -0.2) is 4.79 Å². The second-order valence-corrected chi connectivity index (χ2v) is 10.8. The standard InChI is InChI=1S/C23H20N4O5.C9H7NO4/c24-19-20(22(30)21(19)29)27-6-5-13-2-1-12(7-15(13)10-27)9-25-23(31)14-3-4-17-16(8-14)26-18(28)11-32-17;11-8-4-14-7-2-1-5(9(12)13)3-6(7)10-8/h1-4,7-8H,5-6,9-11,24H2,(H,25,31)(H,26,28);1-3H,4H2,(H,10,11)(H,12,13). The Bertz CT molecular complexity index is 2000. The normalized spacial score (nSPS) is 14.6. The van der Waals surface area contributed by atoms with E-state index in [1.165, 1.54) is 23.8 Å². The van der Waals surface area contributed by atoms with E-state index in [2.05, 4.69) is 16.0 Å². The van der Waals surface area contributed by atoms with Gasteiger partial charge < -0.3 is 41.2 Å². The molecule has 3 aliphatic heterocycles. The topological polar surface area (TPSA) is 206 Å². The van der Waals surface area contributed by atoms with Gasteiger partial charge in [-0.3, -0.25) is 24.0 Å². The number of aromatic carboxylic acids is 1. The van der Waals surface area contributed by atoms with E-state index in [4.69, 9.17) is 20.3 Å². The number of nitrogens with zero attached hydrogens (tertiary/aromatic N) is 1. The molecule has 7 rings (SSSR count). The first-order valence-electron chi connectivity index (χ1n) is 14.2. The van der Waals surface area contributed by atoms with Crippen molar-refractivity contribution in [1.82, 2.24) is 5.32 Å². The summed E-state index contributed by atoms with van der Waals surface area (Å²) in [5.41, 5.74) is 9.43. The van der Waals surface area contributed by atoms with E-state index in [-0.39, 0.29) is 42.2 Å². The second kappa shape index (κ2) is 12.1. The van der Waals surface area contributed by atoms with Crippen molar-refractivity contribution >= 4 is 46.4 Å². The SMILES string of the molecule is Nc1c(N2CCc3ccc(CNC(=O)c4ccc5c(c4)NC(=O)CO5)cc3C2)c(=O)c1=O.O=C1COc2ccc(C(=O)O)cc2N1. The number of hydrogen-bond donors (Lipinski definition) is 5. The van der Waals surface area contributed by atoms with E-state index in [1.54, 1.807) is 18.2 Å². The zero-order chi connectivity index (χ0) is 32.5. The lowest BCUT2D eigenvalue weighted by Crippen LogP contribution is -2.44. The molecule has 4 aromatic rings. The molecule has 0 aromatic heterocycles. The van der Waals surface area contributed by atoms with Gasteiger partial charge in [-0.2, -0.15) is 0 Å². The number of carbonyl (C=O) groups excluding carboxylic acids is 3. The lowest BCUT2D eigenvalue weighted by atomic mass is 9.96. The number of fused-ring (bicyclic) bond motifs is 3. The van der Waals surface area contributed by atoms with Gasteiger partial charge in [0.2, 0.25) is 0 Å². The summed E-state index contributed by atoms with van der Waals surface area (Å²) in [5.74, 6) is -0.822. The van der Waals surface area contributed by atoms with Crippen LogP contribution in [-0.2, 0) is 29.1 Å². The lowest BCUT2D eigenvalue weighted by Gasteiger charge is -2.32. The van der Waals surface area contributed by atoms with Gasteiger partial charge in [-0.1, -0.05) is 18.2 Å². The van der Waals surface area contributed by atoms with Crippen molar-refractivity contribution in [1.29, 1.82) is 0 Å². The molecule has 3 aliphatic rings. The number of carboxylic acids is 1. The number of hydrogen-bond acceptors (Lipinski definition) is 10. The van der Waals surface area contributed by atoms with Crippen LogP contribution in [0.4, 0.5) is 22.7 Å². The van der Waals surface area contributed by atoms with Crippen molar-refractivity contribution in [2.24, 2.45) is 0 Å². The average Bonchev–Trinajstić information content (AvgIpc) is 3.06. The highest BCUT2D eigenvalue weighted by molar-refractivity contribution is 6.00. The lowest BCUT2D eigenvalue weighted by molar-refractivity contribution is -0.119. The number of carbonyl (C=O) groups is 4. The Morgan fingerprint density at radius 2 is 1.46 bits per heavy atom. The van der Waals surface area contributed by atoms with Crippen molar-refractivity contribution in [2.75, 3.05) is 41.0 Å². The van der Waals surface area contributed by atoms with Crippen LogP contribution in [0.2, 0.25) is 0 Å².